The third-order valence-electron chi connectivity index (χ3n) is 4.42. The lowest BCUT2D eigenvalue weighted by Gasteiger charge is -2.08. The standard InChI is InChI=1S/C23H16O6S/c1-13-10-11-28-21(13)20(27)23-22(17-8-5-15(24)12-18(17)30-23)29-16-6-2-14(3-7-16)4-9-19(25)26/h2-12,24H,1H3,(H,25,26)/b9-4+. The Bertz CT molecular complexity index is 1280. The van der Waals surface area contributed by atoms with Crippen LogP contribution in [0.3, 0.4) is 0 Å². The number of carboxylic acids is 1. The monoisotopic (exact) mass is 420 g/mol. The van der Waals surface area contributed by atoms with Gasteiger partial charge in [0.05, 0.1) is 6.26 Å². The maximum atomic E-state index is 13.1. The fourth-order valence-electron chi connectivity index (χ4n) is 2.95. The van der Waals surface area contributed by atoms with Crippen molar-refractivity contribution in [2.75, 3.05) is 0 Å². The van der Waals surface area contributed by atoms with Crippen molar-refractivity contribution in [1.29, 1.82) is 0 Å². The summed E-state index contributed by atoms with van der Waals surface area (Å²) in [6.45, 7) is 1.79. The zero-order chi connectivity index (χ0) is 21.3. The summed E-state index contributed by atoms with van der Waals surface area (Å²) in [5.74, 6) is -0.123. The number of aryl methyl sites for hydroxylation is 1. The van der Waals surface area contributed by atoms with Crippen LogP contribution in [0.1, 0.15) is 26.6 Å². The number of hydrogen-bond acceptors (Lipinski definition) is 6. The number of furan rings is 1. The summed E-state index contributed by atoms with van der Waals surface area (Å²) in [5, 5.41) is 19.2. The predicted octanol–water partition coefficient (Wildman–Crippen LogP) is 5.63. The number of carbonyl (C=O) groups excluding carboxylic acids is 1. The average Bonchev–Trinajstić information content (AvgIpc) is 3.30. The molecular formula is C23H16O6S. The van der Waals surface area contributed by atoms with Gasteiger partial charge < -0.3 is 19.4 Å². The summed E-state index contributed by atoms with van der Waals surface area (Å²) >= 11 is 1.22. The zero-order valence-electron chi connectivity index (χ0n) is 15.8. The molecular weight excluding hydrogens is 404 g/mol. The van der Waals surface area contributed by atoms with Crippen molar-refractivity contribution < 1.29 is 29.0 Å². The van der Waals surface area contributed by atoms with E-state index >= 15 is 0 Å². The van der Waals surface area contributed by atoms with E-state index in [1.165, 1.54) is 29.7 Å². The molecule has 0 fully saturated rings. The Hall–Kier alpha value is -3.84. The van der Waals surface area contributed by atoms with Crippen LogP contribution in [0.4, 0.5) is 0 Å². The Morgan fingerprint density at radius 3 is 2.53 bits per heavy atom. The van der Waals surface area contributed by atoms with Gasteiger partial charge in [0.2, 0.25) is 5.78 Å². The van der Waals surface area contributed by atoms with Crippen LogP contribution in [-0.4, -0.2) is 22.0 Å². The van der Waals surface area contributed by atoms with Gasteiger partial charge in [0.25, 0.3) is 0 Å². The number of aromatic hydroxyl groups is 1. The van der Waals surface area contributed by atoms with Crippen molar-refractivity contribution in [3.63, 3.8) is 0 Å². The lowest BCUT2D eigenvalue weighted by atomic mass is 10.1. The highest BCUT2D eigenvalue weighted by atomic mass is 32.1. The summed E-state index contributed by atoms with van der Waals surface area (Å²) in [7, 11) is 0. The number of rotatable bonds is 6. The zero-order valence-corrected chi connectivity index (χ0v) is 16.6. The van der Waals surface area contributed by atoms with Crippen molar-refractivity contribution in [2.24, 2.45) is 0 Å². The number of thiophene rings is 1. The minimum absolute atomic E-state index is 0.0954. The van der Waals surface area contributed by atoms with E-state index in [0.717, 1.165) is 11.6 Å². The Kier molecular flexibility index (Phi) is 5.12. The fourth-order valence-corrected chi connectivity index (χ4v) is 4.05. The van der Waals surface area contributed by atoms with Crippen molar-refractivity contribution in [3.8, 4) is 17.2 Å². The van der Waals surface area contributed by atoms with Gasteiger partial charge in [-0.1, -0.05) is 12.1 Å². The molecule has 0 aliphatic heterocycles. The average molecular weight is 420 g/mol. The number of ether oxygens (including phenoxy) is 1. The highest BCUT2D eigenvalue weighted by molar-refractivity contribution is 7.21. The molecule has 0 bridgehead atoms. The molecule has 7 heteroatoms. The number of aliphatic carboxylic acids is 1. The van der Waals surface area contributed by atoms with E-state index in [1.54, 1.807) is 49.4 Å². The molecule has 0 saturated heterocycles. The fraction of sp³-hybridized carbons (Fsp3) is 0.0435. The van der Waals surface area contributed by atoms with E-state index in [9.17, 15) is 14.7 Å². The number of carboxylic acid groups (broad SMARTS) is 1. The van der Waals surface area contributed by atoms with Crippen LogP contribution in [0.25, 0.3) is 16.2 Å². The molecule has 0 aliphatic carbocycles. The lowest BCUT2D eigenvalue weighted by molar-refractivity contribution is -0.131. The molecule has 0 atom stereocenters. The van der Waals surface area contributed by atoms with Crippen LogP contribution in [-0.2, 0) is 4.79 Å². The van der Waals surface area contributed by atoms with Crippen molar-refractivity contribution in [2.45, 2.75) is 6.92 Å². The maximum Gasteiger partial charge on any atom is 0.328 e. The minimum atomic E-state index is -1.03. The number of benzene rings is 2. The highest BCUT2D eigenvalue weighted by Crippen LogP contribution is 2.43. The molecule has 2 heterocycles. The van der Waals surface area contributed by atoms with E-state index in [2.05, 4.69) is 0 Å². The number of carbonyl (C=O) groups is 2. The second-order valence-electron chi connectivity index (χ2n) is 6.55. The van der Waals surface area contributed by atoms with Crippen LogP contribution in [0.2, 0.25) is 0 Å². The molecule has 150 valence electrons. The minimum Gasteiger partial charge on any atom is -0.508 e. The molecule has 0 unspecified atom stereocenters. The smallest absolute Gasteiger partial charge is 0.328 e. The normalized spacial score (nSPS) is 11.2. The number of ketones is 1. The molecule has 2 aromatic heterocycles. The second kappa shape index (κ2) is 7.88. The highest BCUT2D eigenvalue weighted by Gasteiger charge is 2.25. The SMILES string of the molecule is Cc1ccoc1C(=O)c1sc2cc(O)ccc2c1Oc1ccc(/C=C/C(=O)O)cc1. The molecule has 6 nitrogen and oxygen atoms in total. The van der Waals surface area contributed by atoms with Crippen molar-refractivity contribution in [3.05, 3.63) is 82.6 Å². The number of phenols is 1. The molecule has 30 heavy (non-hydrogen) atoms. The van der Waals surface area contributed by atoms with E-state index in [0.29, 0.717) is 32.0 Å². The first kappa shape index (κ1) is 19.5. The first-order valence-electron chi connectivity index (χ1n) is 8.95. The van der Waals surface area contributed by atoms with Gasteiger partial charge in [0, 0.05) is 16.2 Å². The molecule has 0 saturated carbocycles. The maximum absolute atomic E-state index is 13.1. The van der Waals surface area contributed by atoms with E-state index < -0.39 is 5.97 Å². The Morgan fingerprint density at radius 1 is 1.10 bits per heavy atom. The van der Waals surface area contributed by atoms with E-state index in [4.69, 9.17) is 14.3 Å². The molecule has 0 radical (unpaired) electrons. The third-order valence-corrected chi connectivity index (χ3v) is 5.55. The molecule has 0 aliphatic rings. The van der Waals surface area contributed by atoms with Crippen molar-refractivity contribution >= 4 is 39.3 Å². The van der Waals surface area contributed by atoms with Crippen LogP contribution in [0.15, 0.2) is 65.3 Å². The van der Waals surface area contributed by atoms with Crippen LogP contribution >= 0.6 is 11.3 Å². The Labute approximate surface area is 175 Å². The summed E-state index contributed by atoms with van der Waals surface area (Å²) in [6.07, 6.45) is 3.99. The van der Waals surface area contributed by atoms with Gasteiger partial charge in [-0.3, -0.25) is 4.79 Å². The molecule has 0 amide bonds. The molecule has 4 rings (SSSR count). The van der Waals surface area contributed by atoms with Gasteiger partial charge in [0.15, 0.2) is 11.5 Å². The Morgan fingerprint density at radius 2 is 1.87 bits per heavy atom. The first-order valence-corrected chi connectivity index (χ1v) is 9.77. The molecule has 4 aromatic rings. The quantitative estimate of drug-likeness (QED) is 0.310. The van der Waals surface area contributed by atoms with Gasteiger partial charge in [-0.15, -0.1) is 11.3 Å². The van der Waals surface area contributed by atoms with Crippen LogP contribution in [0.5, 0.6) is 17.2 Å². The topological polar surface area (TPSA) is 97.0 Å². The molecule has 0 spiro atoms. The predicted molar refractivity (Wildman–Crippen MR) is 114 cm³/mol. The second-order valence-corrected chi connectivity index (χ2v) is 7.60. The summed E-state index contributed by atoms with van der Waals surface area (Å²) < 4.78 is 12.1. The molecule has 2 aromatic carbocycles. The third kappa shape index (κ3) is 3.83. The summed E-state index contributed by atoms with van der Waals surface area (Å²) in [4.78, 5) is 24.1. The summed E-state index contributed by atoms with van der Waals surface area (Å²) in [6, 6.07) is 13.4. The molecule has 2 N–H and O–H groups in total. The number of hydrogen-bond donors (Lipinski definition) is 2. The lowest BCUT2D eigenvalue weighted by Crippen LogP contribution is -2.01. The van der Waals surface area contributed by atoms with Gasteiger partial charge in [-0.05, 0) is 60.5 Å². The van der Waals surface area contributed by atoms with Crippen LogP contribution < -0.4 is 4.74 Å². The first-order chi connectivity index (χ1) is 14.4. The van der Waals surface area contributed by atoms with E-state index in [-0.39, 0.29) is 17.3 Å². The van der Waals surface area contributed by atoms with Gasteiger partial charge in [0.1, 0.15) is 16.4 Å². The summed E-state index contributed by atoms with van der Waals surface area (Å²) in [5.41, 5.74) is 1.42. The van der Waals surface area contributed by atoms with Crippen LogP contribution in [0, 0.1) is 6.92 Å². The number of fused-ring (bicyclic) bond motifs is 1. The van der Waals surface area contributed by atoms with Gasteiger partial charge in [-0.25, -0.2) is 4.79 Å². The van der Waals surface area contributed by atoms with E-state index in [1.807, 2.05) is 0 Å². The Balaban J connectivity index is 1.75. The van der Waals surface area contributed by atoms with Gasteiger partial charge >= 0.3 is 5.97 Å². The number of phenolic OH excluding ortho intramolecular Hbond substituents is 1. The largest absolute Gasteiger partial charge is 0.508 e. The van der Waals surface area contributed by atoms with Gasteiger partial charge in [-0.2, -0.15) is 0 Å². The van der Waals surface area contributed by atoms with Crippen molar-refractivity contribution in [1.82, 2.24) is 0 Å².